The van der Waals surface area contributed by atoms with E-state index < -0.39 is 0 Å². The number of rotatable bonds is 4. The summed E-state index contributed by atoms with van der Waals surface area (Å²) in [4.78, 5) is 10.9. The Morgan fingerprint density at radius 1 is 1.24 bits per heavy atom. The van der Waals surface area contributed by atoms with Crippen molar-refractivity contribution < 1.29 is 9.53 Å². The van der Waals surface area contributed by atoms with Crippen LogP contribution in [0.2, 0.25) is 18.0 Å². The molecule has 0 saturated carbocycles. The summed E-state index contributed by atoms with van der Waals surface area (Å²) in [6, 6.07) is 0. The van der Waals surface area contributed by atoms with Crippen LogP contribution < -0.4 is 5.32 Å². The van der Waals surface area contributed by atoms with E-state index in [4.69, 9.17) is 0 Å². The lowest BCUT2D eigenvalue weighted by molar-refractivity contribution is 0.171. The number of hydrogen-bond donors (Lipinski definition) is 1. The van der Waals surface area contributed by atoms with Crippen molar-refractivity contribution in [2.75, 3.05) is 13.7 Å². The van der Waals surface area contributed by atoms with Gasteiger partial charge in [0.2, 0.25) is 0 Å². The van der Waals surface area contributed by atoms with Crippen LogP contribution in [-0.2, 0) is 4.74 Å². The Labute approximate surface area is 105 Å². The molecule has 2 bridgehead atoms. The van der Waals surface area contributed by atoms with Crippen LogP contribution in [0.1, 0.15) is 44.9 Å². The molecule has 2 aliphatic heterocycles. The molecule has 2 heterocycles. The standard InChI is InChI=1S/C13H24BNO2/c1-17-13(16)15-10-4-9-14-11-5-2-6-12(14)8-3-7-11/h11-12H,2-10H2,1H3,(H,15,16). The Kier molecular flexibility index (Phi) is 4.75. The number of hydrogen-bond acceptors (Lipinski definition) is 2. The number of ether oxygens (including phenoxy) is 1. The topological polar surface area (TPSA) is 38.3 Å². The molecule has 2 fully saturated rings. The summed E-state index contributed by atoms with van der Waals surface area (Å²) in [6.45, 7) is 1.71. The van der Waals surface area contributed by atoms with Crippen molar-refractivity contribution in [1.29, 1.82) is 0 Å². The van der Waals surface area contributed by atoms with E-state index in [1.165, 1.54) is 52.0 Å². The highest BCUT2D eigenvalue weighted by atomic mass is 16.5. The van der Waals surface area contributed by atoms with Gasteiger partial charge >= 0.3 is 6.09 Å². The Hall–Kier alpha value is -0.665. The minimum atomic E-state index is -0.297. The number of methoxy groups -OCH3 is 1. The van der Waals surface area contributed by atoms with E-state index in [0.29, 0.717) is 0 Å². The molecule has 0 spiro atoms. The third-order valence-corrected chi connectivity index (χ3v) is 4.68. The molecule has 96 valence electrons. The van der Waals surface area contributed by atoms with E-state index in [1.807, 2.05) is 0 Å². The second-order valence-corrected chi connectivity index (χ2v) is 5.61. The summed E-state index contributed by atoms with van der Waals surface area (Å²) in [5, 5.41) is 2.78. The van der Waals surface area contributed by atoms with Crippen LogP contribution in [-0.4, -0.2) is 26.5 Å². The molecule has 2 saturated heterocycles. The average Bonchev–Trinajstić information content (AvgIpc) is 2.33. The first-order valence-corrected chi connectivity index (χ1v) is 7.13. The van der Waals surface area contributed by atoms with E-state index in [1.54, 1.807) is 0 Å². The maximum absolute atomic E-state index is 10.9. The lowest BCUT2D eigenvalue weighted by Crippen LogP contribution is -2.35. The number of amides is 1. The Balaban J connectivity index is 1.69. The second-order valence-electron chi connectivity index (χ2n) is 5.61. The first-order valence-electron chi connectivity index (χ1n) is 7.13. The van der Waals surface area contributed by atoms with Gasteiger partial charge in [0.25, 0.3) is 0 Å². The van der Waals surface area contributed by atoms with Crippen molar-refractivity contribution in [2.24, 2.45) is 0 Å². The maximum Gasteiger partial charge on any atom is 0.406 e. The van der Waals surface area contributed by atoms with Crippen LogP contribution in [0.4, 0.5) is 4.79 Å². The maximum atomic E-state index is 10.9. The predicted octanol–water partition coefficient (Wildman–Crippen LogP) is 3.34. The number of carbonyl (C=O) groups is 1. The zero-order valence-corrected chi connectivity index (χ0v) is 10.9. The van der Waals surface area contributed by atoms with Crippen molar-refractivity contribution in [1.82, 2.24) is 5.32 Å². The van der Waals surface area contributed by atoms with Crippen LogP contribution in [0.3, 0.4) is 0 Å². The molecule has 0 aromatic rings. The summed E-state index contributed by atoms with van der Waals surface area (Å²) in [7, 11) is 1.42. The van der Waals surface area contributed by atoms with E-state index in [-0.39, 0.29) is 6.09 Å². The van der Waals surface area contributed by atoms with Gasteiger partial charge in [-0.15, -0.1) is 0 Å². The van der Waals surface area contributed by atoms with Crippen LogP contribution >= 0.6 is 0 Å². The van der Waals surface area contributed by atoms with Gasteiger partial charge in [-0.05, 0) is 6.42 Å². The highest BCUT2D eigenvalue weighted by Crippen LogP contribution is 2.47. The van der Waals surface area contributed by atoms with Gasteiger partial charge in [0, 0.05) is 6.54 Å². The minimum Gasteiger partial charge on any atom is -0.453 e. The summed E-state index contributed by atoms with van der Waals surface area (Å²) in [6.07, 6.45) is 10.8. The zero-order valence-electron chi connectivity index (χ0n) is 10.9. The van der Waals surface area contributed by atoms with E-state index in [9.17, 15) is 4.79 Å². The molecular weight excluding hydrogens is 213 g/mol. The van der Waals surface area contributed by atoms with Crippen LogP contribution in [0.5, 0.6) is 0 Å². The van der Waals surface area contributed by atoms with Crippen molar-refractivity contribution in [2.45, 2.75) is 62.9 Å². The molecule has 0 atom stereocenters. The summed E-state index contributed by atoms with van der Waals surface area (Å²) >= 11 is 0. The highest BCUT2D eigenvalue weighted by molar-refractivity contribution is 6.62. The second kappa shape index (κ2) is 6.32. The average molecular weight is 237 g/mol. The molecule has 0 radical (unpaired) electrons. The van der Waals surface area contributed by atoms with Crippen molar-refractivity contribution >= 4 is 12.8 Å². The molecule has 1 amide bonds. The molecule has 0 aromatic heterocycles. The monoisotopic (exact) mass is 237 g/mol. The van der Waals surface area contributed by atoms with Gasteiger partial charge < -0.3 is 10.1 Å². The molecule has 0 aromatic carbocycles. The van der Waals surface area contributed by atoms with Crippen molar-refractivity contribution in [3.8, 4) is 0 Å². The first kappa shape index (κ1) is 12.8. The SMILES string of the molecule is COC(=O)NCCCB1C2CCCC1CCC2. The molecule has 2 rings (SSSR count). The molecule has 17 heavy (non-hydrogen) atoms. The number of alkyl carbamates (subject to hydrolysis) is 1. The fourth-order valence-corrected chi connectivity index (χ4v) is 3.89. The molecule has 2 aliphatic rings. The number of fused-ring (bicyclic) bond motifs is 2. The lowest BCUT2D eigenvalue weighted by atomic mass is 9.26. The fraction of sp³-hybridized carbons (Fsp3) is 0.923. The third-order valence-electron chi connectivity index (χ3n) is 4.68. The van der Waals surface area contributed by atoms with Gasteiger partial charge in [-0.25, -0.2) is 4.79 Å². The van der Waals surface area contributed by atoms with Gasteiger partial charge in [-0.1, -0.05) is 56.5 Å². The smallest absolute Gasteiger partial charge is 0.406 e. The fourth-order valence-electron chi connectivity index (χ4n) is 3.89. The Morgan fingerprint density at radius 2 is 1.82 bits per heavy atom. The van der Waals surface area contributed by atoms with Gasteiger partial charge in [0.05, 0.1) is 7.11 Å². The quantitative estimate of drug-likeness (QED) is 0.601. The van der Waals surface area contributed by atoms with Crippen LogP contribution in [0.25, 0.3) is 0 Å². The van der Waals surface area contributed by atoms with Crippen LogP contribution in [0.15, 0.2) is 0 Å². The predicted molar refractivity (Wildman–Crippen MR) is 70.8 cm³/mol. The molecule has 1 N–H and O–H groups in total. The zero-order chi connectivity index (χ0) is 12.1. The molecule has 4 heteroatoms. The van der Waals surface area contributed by atoms with Crippen molar-refractivity contribution in [3.05, 3.63) is 0 Å². The van der Waals surface area contributed by atoms with E-state index in [2.05, 4.69) is 10.1 Å². The molecule has 0 aliphatic carbocycles. The Bertz CT molecular complexity index is 238. The largest absolute Gasteiger partial charge is 0.453 e. The minimum absolute atomic E-state index is 0.297. The van der Waals surface area contributed by atoms with Crippen molar-refractivity contribution in [3.63, 3.8) is 0 Å². The third kappa shape index (κ3) is 3.40. The summed E-state index contributed by atoms with van der Waals surface area (Å²) in [5.41, 5.74) is 0. The summed E-state index contributed by atoms with van der Waals surface area (Å²) < 4.78 is 4.57. The summed E-state index contributed by atoms with van der Waals surface area (Å²) in [5.74, 6) is 1.97. The van der Waals surface area contributed by atoms with Gasteiger partial charge in [-0.3, -0.25) is 0 Å². The molecule has 0 unspecified atom stereocenters. The lowest BCUT2D eigenvalue weighted by Gasteiger charge is -2.40. The van der Waals surface area contributed by atoms with Crippen LogP contribution in [0, 0.1) is 0 Å². The molecule has 3 nitrogen and oxygen atoms in total. The van der Waals surface area contributed by atoms with E-state index >= 15 is 0 Å². The first-order chi connectivity index (χ1) is 8.31. The van der Waals surface area contributed by atoms with E-state index in [0.717, 1.165) is 31.3 Å². The van der Waals surface area contributed by atoms with Gasteiger partial charge in [0.15, 0.2) is 0 Å². The highest BCUT2D eigenvalue weighted by Gasteiger charge is 2.38. The van der Waals surface area contributed by atoms with Gasteiger partial charge in [0.1, 0.15) is 6.71 Å². The Morgan fingerprint density at radius 3 is 2.35 bits per heavy atom. The number of carbonyl (C=O) groups excluding carboxylic acids is 1. The normalized spacial score (nSPS) is 27.7. The van der Waals surface area contributed by atoms with Gasteiger partial charge in [-0.2, -0.15) is 0 Å². The molecular formula is C13H24BNO2. The number of nitrogens with one attached hydrogen (secondary N) is 1.